The number of carbonyl (C=O) groups is 1. The second-order valence-electron chi connectivity index (χ2n) is 12.6. The Balaban J connectivity index is 0.907. The van der Waals surface area contributed by atoms with Crippen molar-refractivity contribution in [2.24, 2.45) is 23.7 Å². The van der Waals surface area contributed by atoms with Crippen LogP contribution in [0.1, 0.15) is 39.0 Å². The maximum Gasteiger partial charge on any atom is 0.344 e. The molecule has 0 saturated heterocycles. The van der Waals surface area contributed by atoms with Crippen LogP contribution in [0.15, 0.2) is 97.1 Å². The number of hydrogen-bond acceptors (Lipinski definition) is 4. The molecular weight excluding hydrogens is 540 g/mol. The van der Waals surface area contributed by atoms with Crippen LogP contribution in [-0.2, 0) is 9.53 Å². The van der Waals surface area contributed by atoms with Crippen LogP contribution in [0.5, 0.6) is 17.2 Å². The van der Waals surface area contributed by atoms with Gasteiger partial charge in [0.1, 0.15) is 22.8 Å². The molecule has 0 aliphatic heterocycles. The summed E-state index contributed by atoms with van der Waals surface area (Å²) in [7, 11) is -0.121. The molecule has 4 fully saturated rings. The van der Waals surface area contributed by atoms with Gasteiger partial charge in [0.15, 0.2) is 20.9 Å². The third kappa shape index (κ3) is 4.46. The van der Waals surface area contributed by atoms with E-state index in [1.165, 1.54) is 57.2 Å². The van der Waals surface area contributed by atoms with Crippen molar-refractivity contribution in [3.8, 4) is 22.1 Å². The molecule has 0 N–H and O–H groups in total. The summed E-state index contributed by atoms with van der Waals surface area (Å²) in [5.74, 6) is 4.57. The molecule has 0 atom stereocenters. The molecule has 0 unspecified atom stereocenters. The van der Waals surface area contributed by atoms with Crippen molar-refractivity contribution in [3.63, 3.8) is 0 Å². The van der Waals surface area contributed by atoms with Gasteiger partial charge in [0.25, 0.3) is 0 Å². The lowest BCUT2D eigenvalue weighted by molar-refractivity contribution is -0.204. The van der Waals surface area contributed by atoms with E-state index in [-0.39, 0.29) is 28.6 Å². The first-order valence-corrected chi connectivity index (χ1v) is 16.4. The first-order chi connectivity index (χ1) is 20.5. The minimum atomic E-state index is -0.327. The van der Waals surface area contributed by atoms with Gasteiger partial charge in [0.2, 0.25) is 0 Å². The summed E-state index contributed by atoms with van der Waals surface area (Å²) < 4.78 is 20.8. The summed E-state index contributed by atoms with van der Waals surface area (Å²) in [4.78, 5) is 14.1. The molecule has 9 rings (SSSR count). The Kier molecular flexibility index (Phi) is 6.25. The Hall–Kier alpha value is -3.83. The Morgan fingerprint density at radius 1 is 0.690 bits per heavy atom. The van der Waals surface area contributed by atoms with Crippen LogP contribution in [0.25, 0.3) is 25.1 Å². The third-order valence-corrected chi connectivity index (χ3v) is 12.4. The first kappa shape index (κ1) is 25.8. The molecule has 212 valence electrons. The number of carbonyl (C=O) groups excluding carboxylic acids is 1. The zero-order valence-corrected chi connectivity index (χ0v) is 24.6. The average Bonchev–Trinajstić information content (AvgIpc) is 3.34. The van der Waals surface area contributed by atoms with Crippen LogP contribution in [0, 0.1) is 23.7 Å². The summed E-state index contributed by atoms with van der Waals surface area (Å²) in [6.45, 7) is 2.10. The van der Waals surface area contributed by atoms with E-state index in [1.807, 2.05) is 36.4 Å². The summed E-state index contributed by atoms with van der Waals surface area (Å²) in [6, 6.07) is 33.3. The number of ether oxygens (including phenoxy) is 3. The van der Waals surface area contributed by atoms with E-state index in [2.05, 4.69) is 67.6 Å². The minimum absolute atomic E-state index is 0.0717. The lowest BCUT2D eigenvalue weighted by atomic mass is 9.50. The molecule has 4 saturated carbocycles. The molecule has 4 aliphatic rings. The molecule has 0 spiro atoms. The van der Waals surface area contributed by atoms with Gasteiger partial charge in [-0.15, -0.1) is 0 Å². The number of hydrogen-bond donors (Lipinski definition) is 0. The molecule has 0 amide bonds. The quantitative estimate of drug-likeness (QED) is 0.143. The molecule has 0 radical (unpaired) electrons. The van der Waals surface area contributed by atoms with E-state index in [9.17, 15) is 4.79 Å². The molecule has 1 heterocycles. The van der Waals surface area contributed by atoms with Gasteiger partial charge >= 0.3 is 5.97 Å². The monoisotopic (exact) mass is 575 g/mol. The highest BCUT2D eigenvalue weighted by molar-refractivity contribution is 7.50. The molecule has 1 aromatic heterocycles. The molecule has 4 aliphatic carbocycles. The number of esters is 1. The number of thiophene rings is 1. The Bertz CT molecular complexity index is 1690. The fourth-order valence-corrected chi connectivity index (χ4v) is 10.6. The van der Waals surface area contributed by atoms with Gasteiger partial charge in [-0.3, -0.25) is 0 Å². The molecule has 42 heavy (non-hydrogen) atoms. The molecule has 5 aromatic rings. The topological polar surface area (TPSA) is 44.8 Å². The van der Waals surface area contributed by atoms with Crippen molar-refractivity contribution in [1.29, 1.82) is 0 Å². The average molecular weight is 576 g/mol. The fraction of sp³-hybridized carbons (Fsp3) is 0.324. The lowest BCUT2D eigenvalue weighted by Crippen LogP contribution is -2.58. The predicted molar refractivity (Wildman–Crippen MR) is 169 cm³/mol. The van der Waals surface area contributed by atoms with E-state index >= 15 is 0 Å². The highest BCUT2D eigenvalue weighted by Gasteiger charge is 2.57. The predicted octanol–water partition coefficient (Wildman–Crippen LogP) is 9.66. The van der Waals surface area contributed by atoms with Crippen molar-refractivity contribution in [2.75, 3.05) is 6.61 Å². The van der Waals surface area contributed by atoms with Crippen LogP contribution in [-0.4, -0.2) is 18.2 Å². The second kappa shape index (κ2) is 10.2. The van der Waals surface area contributed by atoms with Crippen molar-refractivity contribution in [2.45, 2.75) is 44.6 Å². The summed E-state index contributed by atoms with van der Waals surface area (Å²) in [5.41, 5.74) is -0.327. The van der Waals surface area contributed by atoms with Crippen molar-refractivity contribution in [1.82, 2.24) is 0 Å². The largest absolute Gasteiger partial charge is 0.482 e. The fourth-order valence-electron chi connectivity index (χ4n) is 8.19. The molecular formula is C37H35O4S+. The van der Waals surface area contributed by atoms with Crippen LogP contribution in [0.3, 0.4) is 0 Å². The Labute approximate surface area is 249 Å². The van der Waals surface area contributed by atoms with Gasteiger partial charge in [0, 0.05) is 33.4 Å². The van der Waals surface area contributed by atoms with Gasteiger partial charge in [-0.05, 0) is 123 Å². The SMILES string of the molecule is CC1(OC(=O)COc2ccc(Oc3ccc(-[s+]4c5ccccc5c5ccccc54)cc3)cc2)C2CC3CC(C2)CC1C3. The molecule has 4 bridgehead atoms. The van der Waals surface area contributed by atoms with E-state index in [0.717, 1.165) is 23.3 Å². The minimum Gasteiger partial charge on any atom is -0.482 e. The zero-order chi connectivity index (χ0) is 28.3. The Morgan fingerprint density at radius 2 is 1.19 bits per heavy atom. The highest BCUT2D eigenvalue weighted by atomic mass is 32.2. The molecule has 4 aromatic carbocycles. The summed E-state index contributed by atoms with van der Waals surface area (Å²) >= 11 is 0. The number of fused-ring (bicyclic) bond motifs is 3. The van der Waals surface area contributed by atoms with Gasteiger partial charge in [-0.25, -0.2) is 4.79 Å². The summed E-state index contributed by atoms with van der Waals surface area (Å²) in [6.07, 6.45) is 6.24. The van der Waals surface area contributed by atoms with E-state index < -0.39 is 0 Å². The normalized spacial score (nSPS) is 26.0. The molecule has 4 nitrogen and oxygen atoms in total. The van der Waals surface area contributed by atoms with Crippen molar-refractivity contribution in [3.05, 3.63) is 97.1 Å². The van der Waals surface area contributed by atoms with Crippen molar-refractivity contribution < 1.29 is 19.0 Å². The second-order valence-corrected chi connectivity index (χ2v) is 14.6. The van der Waals surface area contributed by atoms with Crippen molar-refractivity contribution >= 4 is 36.6 Å². The zero-order valence-electron chi connectivity index (χ0n) is 23.8. The van der Waals surface area contributed by atoms with Gasteiger partial charge in [0.05, 0.1) is 0 Å². The van der Waals surface area contributed by atoms with E-state index in [1.54, 1.807) is 0 Å². The highest BCUT2D eigenvalue weighted by Crippen LogP contribution is 2.59. The summed E-state index contributed by atoms with van der Waals surface area (Å²) in [5, 5.41) is 2.66. The number of rotatable bonds is 7. The maximum absolute atomic E-state index is 12.8. The van der Waals surface area contributed by atoms with Gasteiger partial charge in [-0.2, -0.15) is 0 Å². The van der Waals surface area contributed by atoms with Crippen LogP contribution in [0.4, 0.5) is 0 Å². The third-order valence-electron chi connectivity index (χ3n) is 10.1. The Morgan fingerprint density at radius 3 is 1.76 bits per heavy atom. The first-order valence-electron chi connectivity index (χ1n) is 15.2. The number of benzene rings is 4. The van der Waals surface area contributed by atoms with Crippen LogP contribution in [0.2, 0.25) is 0 Å². The smallest absolute Gasteiger partial charge is 0.344 e. The van der Waals surface area contributed by atoms with E-state index in [0.29, 0.717) is 17.6 Å². The maximum atomic E-state index is 12.8. The molecule has 5 heteroatoms. The van der Waals surface area contributed by atoms with E-state index in [4.69, 9.17) is 14.2 Å². The van der Waals surface area contributed by atoms with Gasteiger partial charge < -0.3 is 14.2 Å². The van der Waals surface area contributed by atoms with Crippen LogP contribution < -0.4 is 9.47 Å². The lowest BCUT2D eigenvalue weighted by Gasteiger charge is -2.59. The van der Waals surface area contributed by atoms with Gasteiger partial charge in [-0.1, -0.05) is 24.3 Å². The standard InChI is InChI=1S/C37H35O4S/c1-37(26-19-24-18-25(21-26)22-27(37)20-24)41-36(38)23-39-28-10-12-29(13-11-28)40-30-14-16-31(17-15-30)42-34-8-4-2-6-32(34)33-7-3-5-9-35(33)42/h2-17,24-27H,18-23H2,1H3/q+1. The van der Waals surface area contributed by atoms with Crippen LogP contribution >= 0.6 is 10.5 Å².